The fourth-order valence-corrected chi connectivity index (χ4v) is 2.39. The number of aromatic nitrogens is 1. The Balaban J connectivity index is 2.24. The van der Waals surface area contributed by atoms with Gasteiger partial charge in [-0.15, -0.1) is 6.58 Å². The van der Waals surface area contributed by atoms with Crippen LogP contribution >= 0.6 is 0 Å². The summed E-state index contributed by atoms with van der Waals surface area (Å²) in [5.41, 5.74) is 1.73. The van der Waals surface area contributed by atoms with E-state index in [2.05, 4.69) is 6.58 Å². The second-order valence-corrected chi connectivity index (χ2v) is 5.19. The Hall–Kier alpha value is -2.57. The summed E-state index contributed by atoms with van der Waals surface area (Å²) < 4.78 is 59.8. The van der Waals surface area contributed by atoms with Crippen molar-refractivity contribution in [3.8, 4) is 5.75 Å². The Bertz CT molecular complexity index is 785. The molecule has 0 unspecified atom stereocenters. The standard InChI is InChI=1S/C17H15F4NO2/c1-4-5-22-9(2)6-11(10(22)3)14(23)8-24-17-15(20)12(18)7-13(19)16(17)21/h4,6-7H,1,5,8H2,2-3H3. The van der Waals surface area contributed by atoms with Crippen molar-refractivity contribution in [2.75, 3.05) is 6.61 Å². The van der Waals surface area contributed by atoms with Crippen molar-refractivity contribution in [1.29, 1.82) is 0 Å². The number of nitrogens with zero attached hydrogens (tertiary/aromatic N) is 1. The molecule has 0 amide bonds. The van der Waals surface area contributed by atoms with E-state index in [0.29, 0.717) is 17.8 Å². The minimum Gasteiger partial charge on any atom is -0.479 e. The largest absolute Gasteiger partial charge is 0.479 e. The molecule has 0 aliphatic heterocycles. The third-order valence-corrected chi connectivity index (χ3v) is 3.60. The van der Waals surface area contributed by atoms with Gasteiger partial charge in [-0.1, -0.05) is 6.08 Å². The van der Waals surface area contributed by atoms with Crippen molar-refractivity contribution >= 4 is 5.78 Å². The highest BCUT2D eigenvalue weighted by Gasteiger charge is 2.22. The number of allylic oxidation sites excluding steroid dienone is 1. The number of halogens is 4. The zero-order chi connectivity index (χ0) is 18.0. The molecule has 2 aromatic rings. The van der Waals surface area contributed by atoms with Crippen LogP contribution in [0, 0.1) is 37.1 Å². The first-order valence-electron chi connectivity index (χ1n) is 7.04. The molecule has 0 saturated heterocycles. The lowest BCUT2D eigenvalue weighted by Gasteiger charge is -2.09. The molecule has 0 N–H and O–H groups in total. The van der Waals surface area contributed by atoms with Crippen molar-refractivity contribution in [3.63, 3.8) is 0 Å². The molecule has 2 rings (SSSR count). The fourth-order valence-electron chi connectivity index (χ4n) is 2.39. The summed E-state index contributed by atoms with van der Waals surface area (Å²) in [6.45, 7) is 6.84. The highest BCUT2D eigenvalue weighted by atomic mass is 19.2. The van der Waals surface area contributed by atoms with Crippen molar-refractivity contribution in [1.82, 2.24) is 4.57 Å². The lowest BCUT2D eigenvalue weighted by molar-refractivity contribution is 0.0913. The summed E-state index contributed by atoms with van der Waals surface area (Å²) in [6, 6.07) is 1.67. The van der Waals surface area contributed by atoms with Gasteiger partial charge in [-0.05, 0) is 19.9 Å². The van der Waals surface area contributed by atoms with E-state index in [1.807, 2.05) is 4.57 Å². The van der Waals surface area contributed by atoms with Gasteiger partial charge in [0.25, 0.3) is 0 Å². The molecule has 24 heavy (non-hydrogen) atoms. The van der Waals surface area contributed by atoms with Crippen LogP contribution in [0.25, 0.3) is 0 Å². The second-order valence-electron chi connectivity index (χ2n) is 5.19. The highest BCUT2D eigenvalue weighted by molar-refractivity contribution is 5.98. The van der Waals surface area contributed by atoms with Gasteiger partial charge in [0.05, 0.1) is 0 Å². The maximum atomic E-state index is 13.5. The number of Topliss-reactive ketones (excluding diaryl/α,β-unsaturated/α-hetero) is 1. The molecule has 7 heteroatoms. The number of rotatable bonds is 6. The second kappa shape index (κ2) is 6.90. The third kappa shape index (κ3) is 3.20. The Kier molecular flexibility index (Phi) is 5.11. The molecule has 1 aromatic carbocycles. The number of hydrogen-bond acceptors (Lipinski definition) is 2. The number of ether oxygens (including phenoxy) is 1. The van der Waals surface area contributed by atoms with Gasteiger partial charge in [0.1, 0.15) is 0 Å². The number of carbonyl (C=O) groups is 1. The van der Waals surface area contributed by atoms with Crippen molar-refractivity contribution < 1.29 is 27.1 Å². The van der Waals surface area contributed by atoms with E-state index in [4.69, 9.17) is 4.74 Å². The van der Waals surface area contributed by atoms with Gasteiger partial charge in [-0.25, -0.2) is 8.78 Å². The molecule has 0 saturated carbocycles. The predicted molar refractivity (Wildman–Crippen MR) is 80.2 cm³/mol. The zero-order valence-corrected chi connectivity index (χ0v) is 13.1. The van der Waals surface area contributed by atoms with E-state index in [9.17, 15) is 22.4 Å². The normalized spacial score (nSPS) is 10.8. The fraction of sp³-hybridized carbons (Fsp3) is 0.235. The van der Waals surface area contributed by atoms with Crippen molar-refractivity contribution in [2.24, 2.45) is 0 Å². The number of hydrogen-bond donors (Lipinski definition) is 0. The average molecular weight is 341 g/mol. The van der Waals surface area contributed by atoms with Crippen LogP contribution in [-0.2, 0) is 6.54 Å². The molecular weight excluding hydrogens is 326 g/mol. The first-order chi connectivity index (χ1) is 11.3. The SMILES string of the molecule is C=CCn1c(C)cc(C(=O)COc2c(F)c(F)cc(F)c2F)c1C. The quantitative estimate of drug-likeness (QED) is 0.343. The van der Waals surface area contributed by atoms with Crippen LogP contribution < -0.4 is 4.74 Å². The molecule has 0 radical (unpaired) electrons. The first-order valence-corrected chi connectivity index (χ1v) is 7.04. The van der Waals surface area contributed by atoms with E-state index in [1.165, 1.54) is 0 Å². The van der Waals surface area contributed by atoms with E-state index < -0.39 is 41.4 Å². The van der Waals surface area contributed by atoms with Crippen LogP contribution in [0.4, 0.5) is 17.6 Å². The van der Waals surface area contributed by atoms with Crippen molar-refractivity contribution in [3.05, 3.63) is 65.0 Å². The third-order valence-electron chi connectivity index (χ3n) is 3.60. The van der Waals surface area contributed by atoms with E-state index in [0.717, 1.165) is 5.69 Å². The summed E-state index contributed by atoms with van der Waals surface area (Å²) in [5, 5.41) is 0. The van der Waals surface area contributed by atoms with E-state index in [-0.39, 0.29) is 6.07 Å². The molecule has 1 aromatic heterocycles. The molecule has 0 bridgehead atoms. The van der Waals surface area contributed by atoms with Crippen LogP contribution in [-0.4, -0.2) is 17.0 Å². The summed E-state index contributed by atoms with van der Waals surface area (Å²) in [7, 11) is 0. The topological polar surface area (TPSA) is 31.2 Å². The first kappa shape index (κ1) is 17.8. The lowest BCUT2D eigenvalue weighted by Crippen LogP contribution is -2.15. The predicted octanol–water partition coefficient (Wildman–Crippen LogP) is 4.11. The molecule has 0 spiro atoms. The minimum atomic E-state index is -1.68. The van der Waals surface area contributed by atoms with E-state index in [1.54, 1.807) is 26.0 Å². The number of aryl methyl sites for hydroxylation is 1. The van der Waals surface area contributed by atoms with Gasteiger partial charge in [0, 0.05) is 29.6 Å². The van der Waals surface area contributed by atoms with Gasteiger partial charge < -0.3 is 9.30 Å². The maximum Gasteiger partial charge on any atom is 0.203 e. The van der Waals surface area contributed by atoms with Crippen LogP contribution in [0.1, 0.15) is 21.7 Å². The maximum absolute atomic E-state index is 13.5. The molecule has 0 aliphatic rings. The molecule has 3 nitrogen and oxygen atoms in total. The zero-order valence-electron chi connectivity index (χ0n) is 13.1. The van der Waals surface area contributed by atoms with Gasteiger partial charge in [-0.3, -0.25) is 4.79 Å². The summed E-state index contributed by atoms with van der Waals surface area (Å²) >= 11 is 0. The molecule has 128 valence electrons. The summed E-state index contributed by atoms with van der Waals surface area (Å²) in [6.07, 6.45) is 1.66. The van der Waals surface area contributed by atoms with Crippen molar-refractivity contribution in [2.45, 2.75) is 20.4 Å². The monoisotopic (exact) mass is 341 g/mol. The average Bonchev–Trinajstić information content (AvgIpc) is 2.81. The Morgan fingerprint density at radius 1 is 1.17 bits per heavy atom. The van der Waals surface area contributed by atoms with Gasteiger partial charge in [-0.2, -0.15) is 8.78 Å². The Morgan fingerprint density at radius 3 is 2.29 bits per heavy atom. The van der Waals surface area contributed by atoms with Gasteiger partial charge in [0.15, 0.2) is 24.0 Å². The van der Waals surface area contributed by atoms with Crippen LogP contribution in [0.3, 0.4) is 0 Å². The lowest BCUT2D eigenvalue weighted by atomic mass is 10.1. The number of benzene rings is 1. The van der Waals surface area contributed by atoms with Crippen LogP contribution in [0.15, 0.2) is 24.8 Å². The van der Waals surface area contributed by atoms with Crippen LogP contribution in [0.2, 0.25) is 0 Å². The van der Waals surface area contributed by atoms with Gasteiger partial charge in [0.2, 0.25) is 17.4 Å². The van der Waals surface area contributed by atoms with E-state index >= 15 is 0 Å². The minimum absolute atomic E-state index is 0.0717. The molecular formula is C17H15F4NO2. The number of ketones is 1. The van der Waals surface area contributed by atoms with Crippen LogP contribution in [0.5, 0.6) is 5.75 Å². The smallest absolute Gasteiger partial charge is 0.203 e. The molecule has 0 fully saturated rings. The summed E-state index contributed by atoms with van der Waals surface area (Å²) in [5.74, 6) is -8.37. The molecule has 1 heterocycles. The highest BCUT2D eigenvalue weighted by Crippen LogP contribution is 2.26. The summed E-state index contributed by atoms with van der Waals surface area (Å²) in [4.78, 5) is 12.2. The number of carbonyl (C=O) groups excluding carboxylic acids is 1. The Labute approximate surface area is 136 Å². The van der Waals surface area contributed by atoms with Gasteiger partial charge >= 0.3 is 0 Å². The Morgan fingerprint density at radius 2 is 1.75 bits per heavy atom. The molecule has 0 atom stereocenters. The molecule has 0 aliphatic carbocycles.